The fraction of sp³-hybridized carbons (Fsp3) is 0.118. The van der Waals surface area contributed by atoms with Crippen LogP contribution >= 0.6 is 0 Å². The van der Waals surface area contributed by atoms with Crippen LogP contribution in [0.25, 0.3) is 0 Å². The van der Waals surface area contributed by atoms with Crippen LogP contribution in [0.15, 0.2) is 42.5 Å². The topological polar surface area (TPSA) is 87.3 Å². The van der Waals surface area contributed by atoms with Crippen molar-refractivity contribution in [2.45, 2.75) is 6.92 Å². The van der Waals surface area contributed by atoms with Crippen LogP contribution in [0.4, 0.5) is 11.4 Å². The van der Waals surface area contributed by atoms with Gasteiger partial charge in [-0.15, -0.1) is 0 Å². The van der Waals surface area contributed by atoms with Crippen molar-refractivity contribution in [3.8, 4) is 0 Å². The summed E-state index contributed by atoms with van der Waals surface area (Å²) < 4.78 is 0. The van der Waals surface area contributed by atoms with Gasteiger partial charge in [-0.1, -0.05) is 18.2 Å². The van der Waals surface area contributed by atoms with Crippen molar-refractivity contribution in [2.75, 3.05) is 17.2 Å². The molecule has 0 spiro atoms. The van der Waals surface area contributed by atoms with E-state index < -0.39 is 11.8 Å². The Bertz CT molecular complexity index is 814. The lowest BCUT2D eigenvalue weighted by molar-refractivity contribution is -0.114. The first-order valence-corrected chi connectivity index (χ1v) is 7.13. The SMILES string of the molecule is Cc1ccccc1NCC(=O)Nc1ccc2c(c1)C(=O)NC2=O. The third-order valence-electron chi connectivity index (χ3n) is 3.60. The van der Waals surface area contributed by atoms with Gasteiger partial charge in [-0.3, -0.25) is 19.7 Å². The van der Waals surface area contributed by atoms with Crippen LogP contribution in [0.2, 0.25) is 0 Å². The van der Waals surface area contributed by atoms with E-state index in [9.17, 15) is 14.4 Å². The van der Waals surface area contributed by atoms with E-state index in [1.54, 1.807) is 6.07 Å². The van der Waals surface area contributed by atoms with Gasteiger partial charge in [0.15, 0.2) is 0 Å². The summed E-state index contributed by atoms with van der Waals surface area (Å²) in [5.74, 6) is -1.10. The number of aryl methyl sites for hydroxylation is 1. The average Bonchev–Trinajstić information content (AvgIpc) is 2.81. The zero-order valence-corrected chi connectivity index (χ0v) is 12.5. The molecule has 6 heteroatoms. The second-order valence-corrected chi connectivity index (χ2v) is 5.26. The lowest BCUT2D eigenvalue weighted by atomic mass is 10.1. The van der Waals surface area contributed by atoms with Gasteiger partial charge in [0.1, 0.15) is 0 Å². The Hall–Kier alpha value is -3.15. The number of fused-ring (bicyclic) bond motifs is 1. The zero-order valence-electron chi connectivity index (χ0n) is 12.5. The van der Waals surface area contributed by atoms with E-state index in [1.165, 1.54) is 12.1 Å². The molecule has 116 valence electrons. The number of anilines is 2. The Morgan fingerprint density at radius 3 is 2.57 bits per heavy atom. The monoisotopic (exact) mass is 309 g/mol. The molecule has 2 aromatic rings. The lowest BCUT2D eigenvalue weighted by Gasteiger charge is -2.10. The standard InChI is InChI=1S/C17H15N3O3/c1-10-4-2-3-5-14(10)18-9-15(21)19-11-6-7-12-13(8-11)17(23)20-16(12)22/h2-8,18H,9H2,1H3,(H,19,21)(H,20,22,23). The highest BCUT2D eigenvalue weighted by atomic mass is 16.2. The maximum Gasteiger partial charge on any atom is 0.259 e. The maximum absolute atomic E-state index is 12.0. The molecule has 1 aliphatic rings. The highest BCUT2D eigenvalue weighted by molar-refractivity contribution is 6.22. The van der Waals surface area contributed by atoms with Gasteiger partial charge in [-0.05, 0) is 36.8 Å². The van der Waals surface area contributed by atoms with E-state index in [0.717, 1.165) is 11.3 Å². The molecule has 3 rings (SSSR count). The minimum Gasteiger partial charge on any atom is -0.376 e. The molecule has 0 atom stereocenters. The normalized spacial score (nSPS) is 12.6. The average molecular weight is 309 g/mol. The van der Waals surface area contributed by atoms with Crippen molar-refractivity contribution in [3.05, 3.63) is 59.2 Å². The molecular formula is C17H15N3O3. The summed E-state index contributed by atoms with van der Waals surface area (Å²) in [4.78, 5) is 35.1. The van der Waals surface area contributed by atoms with Crippen molar-refractivity contribution in [3.63, 3.8) is 0 Å². The number of hydrogen-bond acceptors (Lipinski definition) is 4. The van der Waals surface area contributed by atoms with Gasteiger partial charge in [-0.2, -0.15) is 0 Å². The van der Waals surface area contributed by atoms with Gasteiger partial charge in [0, 0.05) is 11.4 Å². The Morgan fingerprint density at radius 1 is 1.04 bits per heavy atom. The van der Waals surface area contributed by atoms with Crippen molar-refractivity contribution >= 4 is 29.1 Å². The van der Waals surface area contributed by atoms with Crippen molar-refractivity contribution in [1.82, 2.24) is 5.32 Å². The molecule has 6 nitrogen and oxygen atoms in total. The molecule has 0 bridgehead atoms. The van der Waals surface area contributed by atoms with Crippen LogP contribution < -0.4 is 16.0 Å². The van der Waals surface area contributed by atoms with Crippen LogP contribution in [0.1, 0.15) is 26.3 Å². The zero-order chi connectivity index (χ0) is 16.4. The van der Waals surface area contributed by atoms with Gasteiger partial charge < -0.3 is 10.6 Å². The van der Waals surface area contributed by atoms with E-state index in [-0.39, 0.29) is 18.0 Å². The molecule has 0 fully saturated rings. The number of rotatable bonds is 4. The number of imide groups is 1. The molecule has 0 unspecified atom stereocenters. The third-order valence-corrected chi connectivity index (χ3v) is 3.60. The molecule has 1 heterocycles. The molecule has 23 heavy (non-hydrogen) atoms. The summed E-state index contributed by atoms with van der Waals surface area (Å²) in [6.07, 6.45) is 0. The summed E-state index contributed by atoms with van der Waals surface area (Å²) in [7, 11) is 0. The number of hydrogen-bond donors (Lipinski definition) is 3. The molecule has 1 aliphatic heterocycles. The smallest absolute Gasteiger partial charge is 0.259 e. The first kappa shape index (κ1) is 14.8. The van der Waals surface area contributed by atoms with Crippen LogP contribution in [0, 0.1) is 6.92 Å². The summed E-state index contributed by atoms with van der Waals surface area (Å²) in [5.41, 5.74) is 3.02. The fourth-order valence-corrected chi connectivity index (χ4v) is 2.40. The summed E-state index contributed by atoms with van der Waals surface area (Å²) in [6.45, 7) is 2.06. The van der Waals surface area contributed by atoms with Crippen molar-refractivity contribution < 1.29 is 14.4 Å². The largest absolute Gasteiger partial charge is 0.376 e. The van der Waals surface area contributed by atoms with E-state index >= 15 is 0 Å². The van der Waals surface area contributed by atoms with Crippen LogP contribution in [-0.2, 0) is 4.79 Å². The van der Waals surface area contributed by atoms with Crippen LogP contribution in [0.5, 0.6) is 0 Å². The molecule has 3 N–H and O–H groups in total. The number of carbonyl (C=O) groups is 3. The number of carbonyl (C=O) groups excluding carboxylic acids is 3. The fourth-order valence-electron chi connectivity index (χ4n) is 2.40. The minimum absolute atomic E-state index is 0.104. The predicted octanol–water partition coefficient (Wildman–Crippen LogP) is 1.93. The number of amides is 3. The van der Waals surface area contributed by atoms with Gasteiger partial charge in [-0.25, -0.2) is 0 Å². The predicted molar refractivity (Wildman–Crippen MR) is 86.5 cm³/mol. The van der Waals surface area contributed by atoms with Crippen LogP contribution in [-0.4, -0.2) is 24.3 Å². The minimum atomic E-state index is -0.445. The number of nitrogens with one attached hydrogen (secondary N) is 3. The third kappa shape index (κ3) is 3.06. The highest BCUT2D eigenvalue weighted by Crippen LogP contribution is 2.20. The van der Waals surface area contributed by atoms with Gasteiger partial charge in [0.25, 0.3) is 11.8 Å². The second-order valence-electron chi connectivity index (χ2n) is 5.26. The van der Waals surface area contributed by atoms with Gasteiger partial charge in [0.2, 0.25) is 5.91 Å². The second kappa shape index (κ2) is 5.92. The van der Waals surface area contributed by atoms with Gasteiger partial charge in [0.05, 0.1) is 17.7 Å². The molecule has 0 aliphatic carbocycles. The molecule has 3 amide bonds. The molecule has 2 aromatic carbocycles. The van der Waals surface area contributed by atoms with E-state index in [0.29, 0.717) is 11.3 Å². The molecular weight excluding hydrogens is 294 g/mol. The Morgan fingerprint density at radius 2 is 1.78 bits per heavy atom. The van der Waals surface area contributed by atoms with Crippen molar-refractivity contribution in [2.24, 2.45) is 0 Å². The molecule has 0 saturated heterocycles. The van der Waals surface area contributed by atoms with E-state index in [4.69, 9.17) is 0 Å². The Balaban J connectivity index is 1.65. The summed E-state index contributed by atoms with van der Waals surface area (Å²) in [5, 5.41) is 7.97. The quantitative estimate of drug-likeness (QED) is 0.753. The first-order chi connectivity index (χ1) is 11.0. The maximum atomic E-state index is 12.0. The first-order valence-electron chi connectivity index (χ1n) is 7.13. The number of para-hydroxylation sites is 1. The molecule has 0 radical (unpaired) electrons. The molecule has 0 aromatic heterocycles. The molecule has 0 saturated carbocycles. The van der Waals surface area contributed by atoms with Crippen LogP contribution in [0.3, 0.4) is 0 Å². The number of benzene rings is 2. The van der Waals surface area contributed by atoms with Gasteiger partial charge >= 0.3 is 0 Å². The van der Waals surface area contributed by atoms with Crippen molar-refractivity contribution in [1.29, 1.82) is 0 Å². The Labute approximate surface area is 132 Å². The summed E-state index contributed by atoms with van der Waals surface area (Å²) >= 11 is 0. The Kier molecular flexibility index (Phi) is 3.80. The highest BCUT2D eigenvalue weighted by Gasteiger charge is 2.26. The summed E-state index contributed by atoms with van der Waals surface area (Å²) in [6, 6.07) is 12.3. The lowest BCUT2D eigenvalue weighted by Crippen LogP contribution is -2.22. The van der Waals surface area contributed by atoms with E-state index in [1.807, 2.05) is 31.2 Å². The van der Waals surface area contributed by atoms with E-state index in [2.05, 4.69) is 16.0 Å².